The molecule has 0 aromatic heterocycles. The summed E-state index contributed by atoms with van der Waals surface area (Å²) < 4.78 is 16.2. The molecule has 2 heterocycles. The first-order valence-corrected chi connectivity index (χ1v) is 6.97. The molecule has 2 aliphatic heterocycles. The molecule has 0 N–H and O–H groups in total. The third-order valence-electron chi connectivity index (χ3n) is 3.60. The van der Waals surface area contributed by atoms with E-state index < -0.39 is 5.60 Å². The molecule has 0 saturated carbocycles. The molecule has 0 bridgehead atoms. The van der Waals surface area contributed by atoms with Gasteiger partial charge in [0.15, 0.2) is 0 Å². The fourth-order valence-electron chi connectivity index (χ4n) is 2.72. The third kappa shape index (κ3) is 2.95. The molecule has 1 spiro atoms. The molecule has 1 saturated heterocycles. The van der Waals surface area contributed by atoms with Gasteiger partial charge in [0.25, 0.3) is 0 Å². The number of carbonyl (C=O) groups excluding carboxylic acids is 2. The molecule has 1 fully saturated rings. The summed E-state index contributed by atoms with van der Waals surface area (Å²) in [7, 11) is 0. The molecule has 1 unspecified atom stereocenters. The van der Waals surface area contributed by atoms with Gasteiger partial charge in [-0.2, -0.15) is 0 Å². The normalized spacial score (nSPS) is 24.4. The Morgan fingerprint density at radius 2 is 2.10 bits per heavy atom. The average Bonchev–Trinajstić information content (AvgIpc) is 2.65. The van der Waals surface area contributed by atoms with E-state index in [0.717, 1.165) is 0 Å². The van der Waals surface area contributed by atoms with Crippen LogP contribution in [0.1, 0.15) is 33.6 Å². The molecule has 2 rings (SSSR count). The van der Waals surface area contributed by atoms with Crippen LogP contribution in [0.3, 0.4) is 0 Å². The van der Waals surface area contributed by atoms with Crippen molar-refractivity contribution in [3.8, 4) is 0 Å². The van der Waals surface area contributed by atoms with Crippen LogP contribution in [-0.4, -0.2) is 48.4 Å². The Morgan fingerprint density at radius 3 is 2.65 bits per heavy atom. The molecule has 2 aliphatic rings. The molecule has 0 aromatic rings. The van der Waals surface area contributed by atoms with Gasteiger partial charge in [-0.05, 0) is 19.9 Å². The van der Waals surface area contributed by atoms with E-state index in [4.69, 9.17) is 14.2 Å². The number of nitrogens with zero attached hydrogens (tertiary/aromatic N) is 1. The van der Waals surface area contributed by atoms with E-state index in [2.05, 4.69) is 0 Å². The summed E-state index contributed by atoms with van der Waals surface area (Å²) in [6, 6.07) is 0. The van der Waals surface area contributed by atoms with Crippen LogP contribution in [0.5, 0.6) is 0 Å². The number of rotatable bonds is 2. The largest absolute Gasteiger partial charge is 0.450 e. The molecule has 1 amide bonds. The maximum absolute atomic E-state index is 11.7. The van der Waals surface area contributed by atoms with E-state index in [-0.39, 0.29) is 18.2 Å². The summed E-state index contributed by atoms with van der Waals surface area (Å²) in [6.45, 7) is 6.51. The highest BCUT2D eigenvalue weighted by molar-refractivity contribution is 5.68. The number of amides is 1. The van der Waals surface area contributed by atoms with Crippen LogP contribution in [0.2, 0.25) is 0 Å². The van der Waals surface area contributed by atoms with Gasteiger partial charge in [-0.25, -0.2) is 4.79 Å². The maximum atomic E-state index is 11.7. The van der Waals surface area contributed by atoms with Crippen LogP contribution in [0, 0.1) is 0 Å². The second-order valence-electron chi connectivity index (χ2n) is 5.13. The fraction of sp³-hybridized carbons (Fsp3) is 0.714. The van der Waals surface area contributed by atoms with Gasteiger partial charge in [0, 0.05) is 32.9 Å². The fourth-order valence-corrected chi connectivity index (χ4v) is 2.72. The van der Waals surface area contributed by atoms with E-state index in [1.807, 2.05) is 13.0 Å². The number of hydrogen-bond acceptors (Lipinski definition) is 5. The zero-order valence-corrected chi connectivity index (χ0v) is 12.2. The maximum Gasteiger partial charge on any atom is 0.409 e. The Kier molecular flexibility index (Phi) is 4.32. The Labute approximate surface area is 118 Å². The number of piperidine rings is 1. The Hall–Kier alpha value is -1.56. The summed E-state index contributed by atoms with van der Waals surface area (Å²) in [6.07, 6.45) is 2.66. The van der Waals surface area contributed by atoms with Gasteiger partial charge in [0.1, 0.15) is 11.4 Å². The lowest BCUT2D eigenvalue weighted by atomic mass is 9.90. The highest BCUT2D eigenvalue weighted by Gasteiger charge is 2.46. The van der Waals surface area contributed by atoms with E-state index >= 15 is 0 Å². The first kappa shape index (κ1) is 14.8. The Balaban J connectivity index is 2.02. The lowest BCUT2D eigenvalue weighted by Crippen LogP contribution is -2.48. The summed E-state index contributed by atoms with van der Waals surface area (Å²) in [5.41, 5.74) is -0.575. The number of hydrogen-bond donors (Lipinski definition) is 0. The van der Waals surface area contributed by atoms with Crippen molar-refractivity contribution in [2.75, 3.05) is 19.7 Å². The van der Waals surface area contributed by atoms with Crippen molar-refractivity contribution in [1.29, 1.82) is 0 Å². The van der Waals surface area contributed by atoms with Gasteiger partial charge < -0.3 is 19.1 Å². The number of likely N-dealkylation sites (tertiary alicyclic amines) is 1. The van der Waals surface area contributed by atoms with Crippen LogP contribution in [0.4, 0.5) is 4.79 Å². The standard InChI is InChI=1S/C14H21NO5/c1-4-18-13(17)15-7-5-14(6-8-15)12(19-11(3)16)9-10(2)20-14/h9-10H,4-8H2,1-3H3. The van der Waals surface area contributed by atoms with Crippen molar-refractivity contribution >= 4 is 12.1 Å². The molecule has 20 heavy (non-hydrogen) atoms. The minimum Gasteiger partial charge on any atom is -0.450 e. The molecule has 0 aliphatic carbocycles. The molecule has 112 valence electrons. The van der Waals surface area contributed by atoms with E-state index in [0.29, 0.717) is 38.3 Å². The van der Waals surface area contributed by atoms with Crippen molar-refractivity contribution in [3.05, 3.63) is 11.8 Å². The summed E-state index contributed by atoms with van der Waals surface area (Å²) in [5.74, 6) is 0.238. The second-order valence-corrected chi connectivity index (χ2v) is 5.13. The van der Waals surface area contributed by atoms with Crippen molar-refractivity contribution in [2.45, 2.75) is 45.3 Å². The molecule has 0 radical (unpaired) electrons. The lowest BCUT2D eigenvalue weighted by Gasteiger charge is -2.39. The summed E-state index contributed by atoms with van der Waals surface area (Å²) in [4.78, 5) is 24.5. The highest BCUT2D eigenvalue weighted by atomic mass is 16.6. The predicted molar refractivity (Wildman–Crippen MR) is 71.0 cm³/mol. The molecule has 1 atom stereocenters. The van der Waals surface area contributed by atoms with Crippen molar-refractivity contribution in [3.63, 3.8) is 0 Å². The van der Waals surface area contributed by atoms with E-state index in [9.17, 15) is 9.59 Å². The van der Waals surface area contributed by atoms with Crippen LogP contribution in [0.25, 0.3) is 0 Å². The van der Waals surface area contributed by atoms with Gasteiger partial charge in [-0.1, -0.05) is 0 Å². The van der Waals surface area contributed by atoms with Crippen molar-refractivity contribution in [2.24, 2.45) is 0 Å². The SMILES string of the molecule is CCOC(=O)N1CCC2(CC1)OC(C)C=C2OC(C)=O. The zero-order chi connectivity index (χ0) is 14.8. The second kappa shape index (κ2) is 5.83. The van der Waals surface area contributed by atoms with E-state index in [1.54, 1.807) is 11.8 Å². The van der Waals surface area contributed by atoms with Gasteiger partial charge >= 0.3 is 12.1 Å². The topological polar surface area (TPSA) is 65.1 Å². The molecule has 0 aromatic carbocycles. The van der Waals surface area contributed by atoms with Crippen LogP contribution >= 0.6 is 0 Å². The van der Waals surface area contributed by atoms with Crippen LogP contribution in [0.15, 0.2) is 11.8 Å². The van der Waals surface area contributed by atoms with Crippen LogP contribution in [-0.2, 0) is 19.0 Å². The molecular formula is C14H21NO5. The van der Waals surface area contributed by atoms with E-state index in [1.165, 1.54) is 6.92 Å². The minimum atomic E-state index is -0.575. The minimum absolute atomic E-state index is 0.0847. The first-order chi connectivity index (χ1) is 9.47. The van der Waals surface area contributed by atoms with Gasteiger partial charge in [-0.3, -0.25) is 4.79 Å². The number of carbonyl (C=O) groups is 2. The number of ether oxygens (including phenoxy) is 3. The smallest absolute Gasteiger partial charge is 0.409 e. The quantitative estimate of drug-likeness (QED) is 0.724. The predicted octanol–water partition coefficient (Wildman–Crippen LogP) is 1.84. The molecule has 6 nitrogen and oxygen atoms in total. The summed E-state index contributed by atoms with van der Waals surface area (Å²) in [5, 5.41) is 0. The first-order valence-electron chi connectivity index (χ1n) is 6.97. The van der Waals surface area contributed by atoms with Gasteiger partial charge in [0.05, 0.1) is 12.7 Å². The monoisotopic (exact) mass is 283 g/mol. The van der Waals surface area contributed by atoms with Gasteiger partial charge in [0.2, 0.25) is 0 Å². The lowest BCUT2D eigenvalue weighted by molar-refractivity contribution is -0.143. The average molecular weight is 283 g/mol. The van der Waals surface area contributed by atoms with Crippen molar-refractivity contribution < 1.29 is 23.8 Å². The molecule has 6 heteroatoms. The Bertz CT molecular complexity index is 423. The van der Waals surface area contributed by atoms with Crippen LogP contribution < -0.4 is 0 Å². The number of esters is 1. The van der Waals surface area contributed by atoms with Crippen molar-refractivity contribution in [1.82, 2.24) is 4.90 Å². The Morgan fingerprint density at radius 1 is 1.45 bits per heavy atom. The highest BCUT2D eigenvalue weighted by Crippen LogP contribution is 2.40. The van der Waals surface area contributed by atoms with Gasteiger partial charge in [-0.15, -0.1) is 0 Å². The third-order valence-corrected chi connectivity index (χ3v) is 3.60. The molecular weight excluding hydrogens is 262 g/mol. The zero-order valence-electron chi connectivity index (χ0n) is 12.2. The summed E-state index contributed by atoms with van der Waals surface area (Å²) >= 11 is 0.